The third-order valence-electron chi connectivity index (χ3n) is 3.63. The number of aryl methyl sites for hydroxylation is 1. The van der Waals surface area contributed by atoms with Gasteiger partial charge in [0.05, 0.1) is 12.8 Å². The SMILES string of the molecule is CCNC(=NCc1cc(C)ccc1OC(F)F)NCCNC(=O)c1ccco1. The minimum atomic E-state index is -2.89. The van der Waals surface area contributed by atoms with Crippen LogP contribution in [0.1, 0.15) is 28.6 Å². The van der Waals surface area contributed by atoms with Crippen LogP contribution in [0.25, 0.3) is 0 Å². The number of guanidine groups is 1. The predicted octanol–water partition coefficient (Wildman–Crippen LogP) is 2.67. The Bertz CT molecular complexity index is 779. The molecule has 0 aliphatic carbocycles. The Labute approximate surface area is 162 Å². The van der Waals surface area contributed by atoms with E-state index in [2.05, 4.69) is 25.7 Å². The summed E-state index contributed by atoms with van der Waals surface area (Å²) in [7, 11) is 0. The Morgan fingerprint density at radius 2 is 2.00 bits per heavy atom. The van der Waals surface area contributed by atoms with Crippen molar-refractivity contribution in [2.45, 2.75) is 27.0 Å². The van der Waals surface area contributed by atoms with E-state index in [-0.39, 0.29) is 24.0 Å². The second-order valence-electron chi connectivity index (χ2n) is 5.84. The highest BCUT2D eigenvalue weighted by molar-refractivity contribution is 5.91. The van der Waals surface area contributed by atoms with Gasteiger partial charge in [-0.05, 0) is 32.0 Å². The van der Waals surface area contributed by atoms with Gasteiger partial charge in [0.1, 0.15) is 5.75 Å². The van der Waals surface area contributed by atoms with Crippen LogP contribution in [0.2, 0.25) is 0 Å². The molecule has 0 saturated heterocycles. The fraction of sp³-hybridized carbons (Fsp3) is 0.368. The van der Waals surface area contributed by atoms with Crippen molar-refractivity contribution in [2.24, 2.45) is 4.99 Å². The van der Waals surface area contributed by atoms with Crippen LogP contribution < -0.4 is 20.7 Å². The summed E-state index contributed by atoms with van der Waals surface area (Å²) in [5, 5.41) is 8.85. The molecule has 1 amide bonds. The van der Waals surface area contributed by atoms with Crippen LogP contribution >= 0.6 is 0 Å². The van der Waals surface area contributed by atoms with Crippen molar-refractivity contribution in [1.29, 1.82) is 0 Å². The molecular weight excluding hydrogens is 370 g/mol. The maximum absolute atomic E-state index is 12.6. The first kappa shape index (κ1) is 21.2. The maximum atomic E-state index is 12.6. The molecular formula is C19H24F2N4O3. The van der Waals surface area contributed by atoms with E-state index in [1.807, 2.05) is 13.8 Å². The lowest BCUT2D eigenvalue weighted by Gasteiger charge is -2.13. The van der Waals surface area contributed by atoms with Crippen LogP contribution in [0.15, 0.2) is 46.0 Å². The molecule has 0 saturated carbocycles. The molecule has 0 bridgehead atoms. The van der Waals surface area contributed by atoms with Gasteiger partial charge in [-0.2, -0.15) is 8.78 Å². The number of aliphatic imine (C=N–C) groups is 1. The van der Waals surface area contributed by atoms with Gasteiger partial charge in [0.25, 0.3) is 5.91 Å². The van der Waals surface area contributed by atoms with E-state index in [9.17, 15) is 13.6 Å². The molecule has 3 N–H and O–H groups in total. The lowest BCUT2D eigenvalue weighted by Crippen LogP contribution is -2.41. The van der Waals surface area contributed by atoms with Crippen molar-refractivity contribution >= 4 is 11.9 Å². The smallest absolute Gasteiger partial charge is 0.387 e. The lowest BCUT2D eigenvalue weighted by molar-refractivity contribution is -0.0504. The van der Waals surface area contributed by atoms with Crippen LogP contribution in [-0.4, -0.2) is 38.1 Å². The van der Waals surface area contributed by atoms with E-state index in [0.717, 1.165) is 5.56 Å². The van der Waals surface area contributed by atoms with Gasteiger partial charge in [0.15, 0.2) is 11.7 Å². The highest BCUT2D eigenvalue weighted by atomic mass is 19.3. The summed E-state index contributed by atoms with van der Waals surface area (Å²) in [5.74, 6) is 0.541. The number of benzene rings is 1. The molecule has 2 rings (SSSR count). The normalized spacial score (nSPS) is 11.4. The van der Waals surface area contributed by atoms with E-state index < -0.39 is 6.61 Å². The minimum absolute atomic E-state index is 0.103. The number of halogens is 2. The Kier molecular flexibility index (Phi) is 8.26. The van der Waals surface area contributed by atoms with Gasteiger partial charge in [-0.15, -0.1) is 0 Å². The quantitative estimate of drug-likeness (QED) is 0.346. The number of carbonyl (C=O) groups excluding carboxylic acids is 1. The van der Waals surface area contributed by atoms with E-state index in [1.54, 1.807) is 24.3 Å². The molecule has 0 radical (unpaired) electrons. The standard InChI is InChI=1S/C19H24F2N4O3/c1-3-22-19(24-9-8-23-17(26)16-5-4-10-27-16)25-12-14-11-13(2)6-7-15(14)28-18(20)21/h4-7,10-11,18H,3,8-9,12H2,1-2H3,(H,23,26)(H2,22,24,25). The van der Waals surface area contributed by atoms with E-state index in [1.165, 1.54) is 12.3 Å². The zero-order chi connectivity index (χ0) is 20.4. The number of hydrogen-bond acceptors (Lipinski definition) is 4. The highest BCUT2D eigenvalue weighted by Crippen LogP contribution is 2.22. The molecule has 0 atom stereocenters. The third kappa shape index (κ3) is 6.90. The summed E-state index contributed by atoms with van der Waals surface area (Å²) in [6, 6.07) is 8.19. The van der Waals surface area contributed by atoms with Gasteiger partial charge in [-0.1, -0.05) is 17.7 Å². The maximum Gasteiger partial charge on any atom is 0.387 e. The lowest BCUT2D eigenvalue weighted by atomic mass is 10.1. The number of hydrogen-bond donors (Lipinski definition) is 3. The van der Waals surface area contributed by atoms with E-state index in [0.29, 0.717) is 31.2 Å². The Morgan fingerprint density at radius 1 is 1.21 bits per heavy atom. The summed E-state index contributed by atoms with van der Waals surface area (Å²) >= 11 is 0. The molecule has 152 valence electrons. The molecule has 0 unspecified atom stereocenters. The fourth-order valence-corrected chi connectivity index (χ4v) is 2.40. The summed E-state index contributed by atoms with van der Waals surface area (Å²) in [4.78, 5) is 16.2. The van der Waals surface area contributed by atoms with Crippen LogP contribution in [0.3, 0.4) is 0 Å². The van der Waals surface area contributed by atoms with Crippen molar-refractivity contribution in [1.82, 2.24) is 16.0 Å². The number of alkyl halides is 2. The zero-order valence-corrected chi connectivity index (χ0v) is 15.8. The topological polar surface area (TPSA) is 87.9 Å². The molecule has 1 heterocycles. The van der Waals surface area contributed by atoms with Gasteiger partial charge in [-0.25, -0.2) is 4.99 Å². The van der Waals surface area contributed by atoms with Crippen LogP contribution in [-0.2, 0) is 6.54 Å². The monoisotopic (exact) mass is 394 g/mol. The fourth-order valence-electron chi connectivity index (χ4n) is 2.40. The van der Waals surface area contributed by atoms with Gasteiger partial charge in [0, 0.05) is 25.2 Å². The minimum Gasteiger partial charge on any atom is -0.459 e. The molecule has 0 fully saturated rings. The summed E-state index contributed by atoms with van der Waals surface area (Å²) < 4.78 is 34.7. The Morgan fingerprint density at radius 3 is 2.68 bits per heavy atom. The largest absolute Gasteiger partial charge is 0.459 e. The zero-order valence-electron chi connectivity index (χ0n) is 15.8. The van der Waals surface area contributed by atoms with Crippen LogP contribution in [0.5, 0.6) is 5.75 Å². The van der Waals surface area contributed by atoms with Gasteiger partial charge in [-0.3, -0.25) is 4.79 Å². The number of rotatable bonds is 9. The van der Waals surface area contributed by atoms with Crippen LogP contribution in [0, 0.1) is 6.92 Å². The molecule has 28 heavy (non-hydrogen) atoms. The molecule has 1 aromatic heterocycles. The third-order valence-corrected chi connectivity index (χ3v) is 3.63. The van der Waals surface area contributed by atoms with Crippen molar-refractivity contribution in [3.05, 3.63) is 53.5 Å². The number of nitrogens with zero attached hydrogens (tertiary/aromatic N) is 1. The van der Waals surface area contributed by atoms with Gasteiger partial charge in [0.2, 0.25) is 0 Å². The van der Waals surface area contributed by atoms with Crippen molar-refractivity contribution in [3.8, 4) is 5.75 Å². The number of furan rings is 1. The first-order chi connectivity index (χ1) is 13.5. The number of carbonyl (C=O) groups is 1. The number of ether oxygens (including phenoxy) is 1. The molecule has 9 heteroatoms. The first-order valence-corrected chi connectivity index (χ1v) is 8.87. The molecule has 0 spiro atoms. The van der Waals surface area contributed by atoms with Crippen molar-refractivity contribution in [2.75, 3.05) is 19.6 Å². The Hall–Kier alpha value is -3.10. The summed E-state index contributed by atoms with van der Waals surface area (Å²) in [5.41, 5.74) is 1.48. The summed E-state index contributed by atoms with van der Waals surface area (Å²) in [6.07, 6.45) is 1.43. The Balaban J connectivity index is 1.91. The second kappa shape index (κ2) is 10.9. The predicted molar refractivity (Wildman–Crippen MR) is 102 cm³/mol. The molecule has 2 aromatic rings. The number of nitrogens with one attached hydrogen (secondary N) is 3. The van der Waals surface area contributed by atoms with Gasteiger partial charge >= 0.3 is 6.61 Å². The highest BCUT2D eigenvalue weighted by Gasteiger charge is 2.10. The molecule has 0 aliphatic rings. The molecule has 0 aliphatic heterocycles. The van der Waals surface area contributed by atoms with E-state index >= 15 is 0 Å². The second-order valence-corrected chi connectivity index (χ2v) is 5.84. The molecule has 7 nitrogen and oxygen atoms in total. The molecule has 1 aromatic carbocycles. The first-order valence-electron chi connectivity index (χ1n) is 8.87. The average molecular weight is 394 g/mol. The van der Waals surface area contributed by atoms with E-state index in [4.69, 9.17) is 4.42 Å². The average Bonchev–Trinajstić information content (AvgIpc) is 3.19. The van der Waals surface area contributed by atoms with Crippen molar-refractivity contribution < 1.29 is 22.7 Å². The summed E-state index contributed by atoms with van der Waals surface area (Å²) in [6.45, 7) is 2.45. The number of amides is 1. The van der Waals surface area contributed by atoms with Crippen LogP contribution in [0.4, 0.5) is 8.78 Å². The van der Waals surface area contributed by atoms with Gasteiger partial charge < -0.3 is 25.1 Å². The van der Waals surface area contributed by atoms with Crippen molar-refractivity contribution in [3.63, 3.8) is 0 Å².